The summed E-state index contributed by atoms with van der Waals surface area (Å²) < 4.78 is 19.5. The van der Waals surface area contributed by atoms with E-state index in [1.54, 1.807) is 23.6 Å². The molecule has 3 aromatic heterocycles. The van der Waals surface area contributed by atoms with Gasteiger partial charge in [0, 0.05) is 0 Å². The maximum Gasteiger partial charge on any atom is 0.340 e. The second-order valence-corrected chi connectivity index (χ2v) is 7.60. The molecule has 0 radical (unpaired) electrons. The Morgan fingerprint density at radius 2 is 1.90 bits per heavy atom. The molecule has 146 valence electrons. The number of hydrogen-bond acceptors (Lipinski definition) is 7. The Bertz CT molecular complexity index is 1170. The van der Waals surface area contributed by atoms with Gasteiger partial charge in [0.25, 0.3) is 5.91 Å². The van der Waals surface area contributed by atoms with Gasteiger partial charge in [0.1, 0.15) is 10.8 Å². The monoisotopic (exact) mass is 428 g/mol. The summed E-state index contributed by atoms with van der Waals surface area (Å²) in [6.45, 7) is 0. The molecule has 3 heterocycles. The molecule has 0 saturated carbocycles. The van der Waals surface area contributed by atoms with Crippen LogP contribution in [0, 0.1) is 5.82 Å². The maximum atomic E-state index is 13.3. The van der Waals surface area contributed by atoms with Crippen LogP contribution >= 0.6 is 22.7 Å². The summed E-state index contributed by atoms with van der Waals surface area (Å²) in [5.41, 5.74) is 0.815. The van der Waals surface area contributed by atoms with E-state index in [9.17, 15) is 14.0 Å². The summed E-state index contributed by atoms with van der Waals surface area (Å²) in [5, 5.41) is 10.9. The van der Waals surface area contributed by atoms with Crippen molar-refractivity contribution in [2.45, 2.75) is 0 Å². The zero-order valence-corrected chi connectivity index (χ0v) is 16.6. The molecule has 0 aliphatic heterocycles. The molecule has 1 N–H and O–H groups in total. The molecule has 0 spiro atoms. The summed E-state index contributed by atoms with van der Waals surface area (Å²) in [6, 6.07) is 11.0. The van der Waals surface area contributed by atoms with Crippen LogP contribution in [0.3, 0.4) is 0 Å². The van der Waals surface area contributed by atoms with Crippen LogP contribution in [0.5, 0.6) is 0 Å². The first kappa shape index (κ1) is 19.0. The minimum Gasteiger partial charge on any atom is -0.465 e. The highest BCUT2D eigenvalue weighted by molar-refractivity contribution is 7.14. The number of nitrogens with zero attached hydrogens (tertiary/aromatic N) is 3. The molecular formula is C19H13FN4O3S2. The molecule has 1 amide bonds. The molecular weight excluding hydrogens is 415 g/mol. The van der Waals surface area contributed by atoms with Gasteiger partial charge < -0.3 is 10.1 Å². The molecule has 4 rings (SSSR count). The first-order chi connectivity index (χ1) is 14.1. The second kappa shape index (κ2) is 7.94. The van der Waals surface area contributed by atoms with E-state index in [-0.39, 0.29) is 17.2 Å². The van der Waals surface area contributed by atoms with E-state index in [2.05, 4.69) is 15.4 Å². The number of ether oxygens (including phenoxy) is 1. The van der Waals surface area contributed by atoms with Crippen molar-refractivity contribution < 1.29 is 18.7 Å². The van der Waals surface area contributed by atoms with Crippen LogP contribution < -0.4 is 5.32 Å². The molecule has 0 aliphatic rings. The van der Waals surface area contributed by atoms with Crippen LogP contribution in [0.1, 0.15) is 21.0 Å². The highest BCUT2D eigenvalue weighted by Gasteiger charge is 2.22. The number of nitrogens with one attached hydrogen (secondary N) is 1. The van der Waals surface area contributed by atoms with E-state index in [0.29, 0.717) is 16.5 Å². The molecule has 10 heteroatoms. The number of carbonyl (C=O) groups is 2. The Morgan fingerprint density at radius 3 is 2.59 bits per heavy atom. The van der Waals surface area contributed by atoms with E-state index in [1.165, 1.54) is 46.6 Å². The van der Waals surface area contributed by atoms with Crippen LogP contribution in [-0.4, -0.2) is 33.8 Å². The van der Waals surface area contributed by atoms with Gasteiger partial charge in [-0.2, -0.15) is 0 Å². The standard InChI is InChI=1S/C19H13FN4O3S2/c1-27-19(26)13-8-10-29-18(13)22-17(25)15-21-16(14-3-2-9-28-14)24(23-15)12-6-4-11(20)5-7-12/h2-10H,1H3,(H,22,25). The number of amides is 1. The number of anilines is 1. The second-order valence-electron chi connectivity index (χ2n) is 5.73. The number of methoxy groups -OCH3 is 1. The molecule has 4 aromatic rings. The number of thiophene rings is 2. The van der Waals surface area contributed by atoms with Crippen LogP contribution in [-0.2, 0) is 4.74 Å². The molecule has 0 aliphatic carbocycles. The molecule has 0 fully saturated rings. The number of aromatic nitrogens is 3. The highest BCUT2D eigenvalue weighted by Crippen LogP contribution is 2.27. The lowest BCUT2D eigenvalue weighted by molar-refractivity contribution is 0.0602. The van der Waals surface area contributed by atoms with Gasteiger partial charge in [-0.05, 0) is 47.2 Å². The number of benzene rings is 1. The molecule has 0 atom stereocenters. The summed E-state index contributed by atoms with van der Waals surface area (Å²) in [4.78, 5) is 29.7. The Morgan fingerprint density at radius 1 is 1.10 bits per heavy atom. The van der Waals surface area contributed by atoms with E-state index < -0.39 is 11.9 Å². The summed E-state index contributed by atoms with van der Waals surface area (Å²) >= 11 is 2.63. The number of hydrogen-bond donors (Lipinski definition) is 1. The first-order valence-corrected chi connectivity index (χ1v) is 10.1. The quantitative estimate of drug-likeness (QED) is 0.481. The van der Waals surface area contributed by atoms with Gasteiger partial charge >= 0.3 is 5.97 Å². The normalized spacial score (nSPS) is 10.7. The Hall–Kier alpha value is -3.37. The number of esters is 1. The van der Waals surface area contributed by atoms with Crippen LogP contribution in [0.4, 0.5) is 9.39 Å². The molecule has 29 heavy (non-hydrogen) atoms. The highest BCUT2D eigenvalue weighted by atomic mass is 32.1. The molecule has 7 nitrogen and oxygen atoms in total. The van der Waals surface area contributed by atoms with Crippen molar-refractivity contribution in [3.05, 3.63) is 70.4 Å². The van der Waals surface area contributed by atoms with Crippen molar-refractivity contribution in [1.82, 2.24) is 14.8 Å². The van der Waals surface area contributed by atoms with E-state index in [0.717, 1.165) is 4.88 Å². The number of carbonyl (C=O) groups excluding carboxylic acids is 2. The Labute approximate surface area is 172 Å². The number of rotatable bonds is 5. The Kier molecular flexibility index (Phi) is 5.19. The summed E-state index contributed by atoms with van der Waals surface area (Å²) in [6.07, 6.45) is 0. The fourth-order valence-electron chi connectivity index (χ4n) is 2.57. The van der Waals surface area contributed by atoms with Gasteiger partial charge in [-0.15, -0.1) is 27.8 Å². The predicted octanol–water partition coefficient (Wildman–Crippen LogP) is 4.24. The topological polar surface area (TPSA) is 86.1 Å². The Balaban J connectivity index is 1.70. The van der Waals surface area contributed by atoms with Gasteiger partial charge in [-0.25, -0.2) is 18.9 Å². The minimum atomic E-state index is -0.573. The average molecular weight is 428 g/mol. The first-order valence-electron chi connectivity index (χ1n) is 8.31. The lowest BCUT2D eigenvalue weighted by Gasteiger charge is -2.04. The number of halogens is 1. The van der Waals surface area contributed by atoms with Crippen LogP contribution in [0.25, 0.3) is 16.4 Å². The molecule has 1 aromatic carbocycles. The van der Waals surface area contributed by atoms with Gasteiger partial charge in [0.05, 0.1) is 23.2 Å². The maximum absolute atomic E-state index is 13.3. The lowest BCUT2D eigenvalue weighted by atomic mass is 10.3. The third-order valence-electron chi connectivity index (χ3n) is 3.92. The van der Waals surface area contributed by atoms with Gasteiger partial charge in [-0.1, -0.05) is 6.07 Å². The lowest BCUT2D eigenvalue weighted by Crippen LogP contribution is -2.15. The molecule has 0 bridgehead atoms. The van der Waals surface area contributed by atoms with Crippen molar-refractivity contribution in [3.63, 3.8) is 0 Å². The molecule has 0 saturated heterocycles. The van der Waals surface area contributed by atoms with E-state index in [1.807, 2.05) is 17.5 Å². The summed E-state index contributed by atoms with van der Waals surface area (Å²) in [5.74, 6) is -1.13. The van der Waals surface area contributed by atoms with Gasteiger partial charge in [-0.3, -0.25) is 4.79 Å². The fourth-order valence-corrected chi connectivity index (χ4v) is 4.04. The largest absolute Gasteiger partial charge is 0.465 e. The zero-order chi connectivity index (χ0) is 20.4. The predicted molar refractivity (Wildman–Crippen MR) is 108 cm³/mol. The van der Waals surface area contributed by atoms with Crippen molar-refractivity contribution in [2.24, 2.45) is 0 Å². The third kappa shape index (κ3) is 3.80. The van der Waals surface area contributed by atoms with Gasteiger partial charge in [0.15, 0.2) is 5.82 Å². The van der Waals surface area contributed by atoms with Crippen molar-refractivity contribution in [2.75, 3.05) is 12.4 Å². The fraction of sp³-hybridized carbons (Fsp3) is 0.0526. The van der Waals surface area contributed by atoms with Crippen LogP contribution in [0.15, 0.2) is 53.2 Å². The smallest absolute Gasteiger partial charge is 0.340 e. The van der Waals surface area contributed by atoms with Crippen molar-refractivity contribution >= 4 is 39.6 Å². The third-order valence-corrected chi connectivity index (χ3v) is 5.62. The van der Waals surface area contributed by atoms with Gasteiger partial charge in [0.2, 0.25) is 5.82 Å². The summed E-state index contributed by atoms with van der Waals surface area (Å²) in [7, 11) is 1.27. The van der Waals surface area contributed by atoms with Crippen molar-refractivity contribution in [1.29, 1.82) is 0 Å². The van der Waals surface area contributed by atoms with E-state index in [4.69, 9.17) is 4.74 Å². The SMILES string of the molecule is COC(=O)c1ccsc1NC(=O)c1nc(-c2cccs2)n(-c2ccc(F)cc2)n1. The molecule has 0 unspecified atom stereocenters. The average Bonchev–Trinajstić information content (AvgIpc) is 3.47. The van der Waals surface area contributed by atoms with Crippen molar-refractivity contribution in [3.8, 4) is 16.4 Å². The minimum absolute atomic E-state index is 0.0815. The van der Waals surface area contributed by atoms with E-state index >= 15 is 0 Å². The zero-order valence-electron chi connectivity index (χ0n) is 15.0. The van der Waals surface area contributed by atoms with Crippen LogP contribution in [0.2, 0.25) is 0 Å².